The Hall–Kier alpha value is -2.38. The lowest BCUT2D eigenvalue weighted by Crippen LogP contribution is -2.29. The van der Waals surface area contributed by atoms with E-state index in [4.69, 9.17) is 5.73 Å². The Morgan fingerprint density at radius 2 is 2.12 bits per heavy atom. The first-order valence-electron chi connectivity index (χ1n) is 8.75. The van der Waals surface area contributed by atoms with Gasteiger partial charge in [0.1, 0.15) is 0 Å². The van der Waals surface area contributed by atoms with E-state index in [0.29, 0.717) is 6.54 Å². The molecule has 1 aliphatic rings. The summed E-state index contributed by atoms with van der Waals surface area (Å²) in [5.74, 6) is 0.289. The molecule has 3 N–H and O–H groups in total. The first-order valence-corrected chi connectivity index (χ1v) is 8.75. The van der Waals surface area contributed by atoms with E-state index in [9.17, 15) is 4.79 Å². The smallest absolute Gasteiger partial charge is 0.326 e. The summed E-state index contributed by atoms with van der Waals surface area (Å²) >= 11 is 0. The number of nitrogens with zero attached hydrogens (tertiary/aromatic N) is 4. The van der Waals surface area contributed by atoms with Gasteiger partial charge in [0.2, 0.25) is 0 Å². The molecule has 1 aliphatic heterocycles. The molecule has 0 spiro atoms. The third-order valence-corrected chi connectivity index (χ3v) is 5.08. The fourth-order valence-electron chi connectivity index (χ4n) is 3.81. The Morgan fingerprint density at radius 1 is 1.28 bits per heavy atom. The predicted octanol–water partition coefficient (Wildman–Crippen LogP) is 0.880. The van der Waals surface area contributed by atoms with Crippen LogP contribution in [-0.2, 0) is 13.6 Å². The minimum absolute atomic E-state index is 0.0364. The Balaban J connectivity index is 1.37. The van der Waals surface area contributed by atoms with Crippen LogP contribution in [0, 0.1) is 0 Å². The number of imidazole rings is 2. The standard InChI is InChI=1S/C18H24N6O/c1-22-11-16(20-12-22)13-9-23(10-14(13)19)7-4-8-24-17-6-3-2-5-15(17)21-18(24)25/h2-3,5-6,11-14H,4,7-10,19H2,1H3,(H,21,25)/t13-,14-/m1/s1. The topological polar surface area (TPSA) is 84.9 Å². The number of aromatic amines is 1. The first kappa shape index (κ1) is 16.1. The van der Waals surface area contributed by atoms with E-state index in [-0.39, 0.29) is 17.6 Å². The van der Waals surface area contributed by atoms with Gasteiger partial charge in [0.25, 0.3) is 0 Å². The fraction of sp³-hybridized carbons (Fsp3) is 0.444. The van der Waals surface area contributed by atoms with Gasteiger partial charge in [-0.3, -0.25) is 4.57 Å². The highest BCUT2D eigenvalue weighted by Crippen LogP contribution is 2.25. The second-order valence-electron chi connectivity index (χ2n) is 6.95. The molecule has 4 rings (SSSR count). The van der Waals surface area contributed by atoms with Gasteiger partial charge in [0.15, 0.2) is 0 Å². The van der Waals surface area contributed by atoms with E-state index in [0.717, 1.165) is 42.8 Å². The Morgan fingerprint density at radius 3 is 2.92 bits per heavy atom. The molecule has 1 aromatic carbocycles. The number of hydrogen-bond acceptors (Lipinski definition) is 4. The molecule has 0 bridgehead atoms. The highest BCUT2D eigenvalue weighted by molar-refractivity contribution is 5.74. The number of likely N-dealkylation sites (tertiary alicyclic amines) is 1. The third kappa shape index (κ3) is 3.12. The molecule has 7 heteroatoms. The van der Waals surface area contributed by atoms with Crippen LogP contribution in [0.4, 0.5) is 0 Å². The Bertz CT molecular complexity index is 923. The minimum Gasteiger partial charge on any atom is -0.340 e. The number of rotatable bonds is 5. The number of hydrogen-bond donors (Lipinski definition) is 2. The van der Waals surface area contributed by atoms with Crippen molar-refractivity contribution < 1.29 is 0 Å². The van der Waals surface area contributed by atoms with Gasteiger partial charge in [0.05, 0.1) is 23.1 Å². The second-order valence-corrected chi connectivity index (χ2v) is 6.95. The molecule has 132 valence electrons. The number of aryl methyl sites for hydroxylation is 2. The van der Waals surface area contributed by atoms with Crippen LogP contribution in [0.15, 0.2) is 41.6 Å². The van der Waals surface area contributed by atoms with Crippen LogP contribution in [0.3, 0.4) is 0 Å². The molecule has 2 atom stereocenters. The molecule has 0 aliphatic carbocycles. The summed E-state index contributed by atoms with van der Waals surface area (Å²) in [6.07, 6.45) is 4.80. The van der Waals surface area contributed by atoms with Crippen LogP contribution >= 0.6 is 0 Å². The molecule has 25 heavy (non-hydrogen) atoms. The van der Waals surface area contributed by atoms with Gasteiger partial charge < -0.3 is 20.2 Å². The summed E-state index contributed by atoms with van der Waals surface area (Å²) < 4.78 is 3.79. The Kier molecular flexibility index (Phi) is 4.19. The number of nitrogens with two attached hydrogens (primary N) is 1. The molecule has 1 fully saturated rings. The number of benzene rings is 1. The lowest BCUT2D eigenvalue weighted by atomic mass is 10.0. The van der Waals surface area contributed by atoms with Crippen molar-refractivity contribution in [2.75, 3.05) is 19.6 Å². The number of para-hydroxylation sites is 2. The number of H-pyrrole nitrogens is 1. The lowest BCUT2D eigenvalue weighted by molar-refractivity contribution is 0.318. The van der Waals surface area contributed by atoms with E-state index in [2.05, 4.69) is 21.1 Å². The minimum atomic E-state index is -0.0364. The third-order valence-electron chi connectivity index (χ3n) is 5.08. The zero-order chi connectivity index (χ0) is 17.4. The molecule has 0 unspecified atom stereocenters. The van der Waals surface area contributed by atoms with Crippen molar-refractivity contribution in [3.63, 3.8) is 0 Å². The van der Waals surface area contributed by atoms with Crippen LogP contribution in [0.1, 0.15) is 18.0 Å². The van der Waals surface area contributed by atoms with Gasteiger partial charge in [-0.2, -0.15) is 0 Å². The fourth-order valence-corrected chi connectivity index (χ4v) is 3.81. The van der Waals surface area contributed by atoms with Crippen LogP contribution < -0.4 is 11.4 Å². The summed E-state index contributed by atoms with van der Waals surface area (Å²) in [6, 6.07) is 7.93. The summed E-state index contributed by atoms with van der Waals surface area (Å²) in [5, 5.41) is 0. The van der Waals surface area contributed by atoms with Crippen molar-refractivity contribution in [1.29, 1.82) is 0 Å². The van der Waals surface area contributed by atoms with Crippen molar-refractivity contribution in [2.24, 2.45) is 12.8 Å². The van der Waals surface area contributed by atoms with Crippen molar-refractivity contribution in [1.82, 2.24) is 24.0 Å². The Labute approximate surface area is 146 Å². The van der Waals surface area contributed by atoms with E-state index in [1.807, 2.05) is 46.8 Å². The molecule has 2 aromatic heterocycles. The zero-order valence-corrected chi connectivity index (χ0v) is 14.4. The molecule has 0 saturated carbocycles. The van der Waals surface area contributed by atoms with E-state index in [1.54, 1.807) is 0 Å². The summed E-state index contributed by atoms with van der Waals surface area (Å²) in [7, 11) is 1.98. The van der Waals surface area contributed by atoms with E-state index >= 15 is 0 Å². The molecule has 0 amide bonds. The molecule has 1 saturated heterocycles. The highest BCUT2D eigenvalue weighted by Gasteiger charge is 2.32. The average molecular weight is 340 g/mol. The van der Waals surface area contributed by atoms with Crippen molar-refractivity contribution in [3.05, 3.63) is 53.0 Å². The molecule has 0 radical (unpaired) electrons. The number of nitrogens with one attached hydrogen (secondary N) is 1. The molecule has 7 nitrogen and oxygen atoms in total. The van der Waals surface area contributed by atoms with Gasteiger partial charge in [0, 0.05) is 44.8 Å². The van der Waals surface area contributed by atoms with Gasteiger partial charge in [-0.1, -0.05) is 12.1 Å². The molecular weight excluding hydrogens is 316 g/mol. The van der Waals surface area contributed by atoms with Crippen LogP contribution in [0.5, 0.6) is 0 Å². The average Bonchev–Trinajstić information content (AvgIpc) is 3.26. The van der Waals surface area contributed by atoms with Gasteiger partial charge in [-0.05, 0) is 25.1 Å². The SMILES string of the molecule is Cn1cnc([C@@H]2CN(CCCn3c(=O)[nH]c4ccccc43)C[C@H]2N)c1. The maximum absolute atomic E-state index is 12.1. The first-order chi connectivity index (χ1) is 12.1. The van der Waals surface area contributed by atoms with Gasteiger partial charge in [-0.15, -0.1) is 0 Å². The van der Waals surface area contributed by atoms with Gasteiger partial charge >= 0.3 is 5.69 Å². The quantitative estimate of drug-likeness (QED) is 0.722. The van der Waals surface area contributed by atoms with E-state index in [1.165, 1.54) is 0 Å². The van der Waals surface area contributed by atoms with Gasteiger partial charge in [-0.25, -0.2) is 9.78 Å². The molecular formula is C18H24N6O. The maximum atomic E-state index is 12.1. The monoisotopic (exact) mass is 340 g/mol. The van der Waals surface area contributed by atoms with E-state index < -0.39 is 0 Å². The molecule has 3 aromatic rings. The van der Waals surface area contributed by atoms with Crippen LogP contribution in [0.2, 0.25) is 0 Å². The maximum Gasteiger partial charge on any atom is 0.326 e. The highest BCUT2D eigenvalue weighted by atomic mass is 16.1. The zero-order valence-electron chi connectivity index (χ0n) is 14.4. The van der Waals surface area contributed by atoms with Crippen LogP contribution in [-0.4, -0.2) is 49.7 Å². The lowest BCUT2D eigenvalue weighted by Gasteiger charge is -2.15. The summed E-state index contributed by atoms with van der Waals surface area (Å²) in [6.45, 7) is 3.46. The van der Waals surface area contributed by atoms with Crippen molar-refractivity contribution in [2.45, 2.75) is 24.9 Å². The number of fused-ring (bicyclic) bond motifs is 1. The predicted molar refractivity (Wildman–Crippen MR) is 97.5 cm³/mol. The molecule has 3 heterocycles. The largest absolute Gasteiger partial charge is 0.340 e. The normalized spacial score (nSPS) is 21.4. The summed E-state index contributed by atoms with van der Waals surface area (Å²) in [5.41, 5.74) is 9.23. The number of aromatic nitrogens is 4. The second kappa shape index (κ2) is 6.50. The van der Waals surface area contributed by atoms with Crippen LogP contribution in [0.25, 0.3) is 11.0 Å². The van der Waals surface area contributed by atoms with Crippen molar-refractivity contribution in [3.8, 4) is 0 Å². The summed E-state index contributed by atoms with van der Waals surface area (Å²) in [4.78, 5) is 21.9. The van der Waals surface area contributed by atoms with Crippen molar-refractivity contribution >= 4 is 11.0 Å².